The van der Waals surface area contributed by atoms with Gasteiger partial charge in [0.25, 0.3) is 0 Å². The van der Waals surface area contributed by atoms with E-state index in [9.17, 15) is 4.39 Å². The van der Waals surface area contributed by atoms with Crippen molar-refractivity contribution in [1.82, 2.24) is 24.7 Å². The van der Waals surface area contributed by atoms with E-state index < -0.39 is 0 Å². The van der Waals surface area contributed by atoms with Crippen LogP contribution in [0.5, 0.6) is 0 Å². The maximum Gasteiger partial charge on any atom is 0.184 e. The molecule has 0 saturated heterocycles. The molecule has 7 nitrogen and oxygen atoms in total. The highest BCUT2D eigenvalue weighted by Crippen LogP contribution is 2.29. The molecule has 0 aliphatic carbocycles. The van der Waals surface area contributed by atoms with Gasteiger partial charge in [0.05, 0.1) is 11.9 Å². The van der Waals surface area contributed by atoms with Gasteiger partial charge in [-0.1, -0.05) is 48.5 Å². The van der Waals surface area contributed by atoms with E-state index in [1.165, 1.54) is 6.07 Å². The van der Waals surface area contributed by atoms with E-state index in [4.69, 9.17) is 11.5 Å². The molecule has 0 aliphatic heterocycles. The number of nitrogens with zero attached hydrogens (tertiary/aromatic N) is 5. The predicted octanol–water partition coefficient (Wildman–Crippen LogP) is 3.83. The maximum absolute atomic E-state index is 14.2. The quantitative estimate of drug-likeness (QED) is 0.443. The summed E-state index contributed by atoms with van der Waals surface area (Å²) in [6.45, 7) is 0.219. The third-order valence-electron chi connectivity index (χ3n) is 5.29. The molecule has 0 fully saturated rings. The molecule has 0 spiro atoms. The zero-order chi connectivity index (χ0) is 22.1. The summed E-state index contributed by atoms with van der Waals surface area (Å²) in [5.41, 5.74) is 15.9. The van der Waals surface area contributed by atoms with E-state index in [1.807, 2.05) is 36.4 Å². The van der Waals surface area contributed by atoms with Gasteiger partial charge in [0, 0.05) is 23.7 Å². The normalized spacial score (nSPS) is 11.2. The molecule has 2 aromatic carbocycles. The Labute approximate surface area is 183 Å². The first-order valence-corrected chi connectivity index (χ1v) is 10.1. The van der Waals surface area contributed by atoms with Gasteiger partial charge >= 0.3 is 0 Å². The number of fused-ring (bicyclic) bond motifs is 1. The van der Waals surface area contributed by atoms with Gasteiger partial charge < -0.3 is 11.5 Å². The Bertz CT molecular complexity index is 1390. The van der Waals surface area contributed by atoms with Crippen LogP contribution in [0.3, 0.4) is 0 Å². The Kier molecular flexibility index (Phi) is 4.95. The minimum absolute atomic E-state index is 0.219. The average Bonchev–Trinajstić information content (AvgIpc) is 3.17. The molecule has 3 aromatic heterocycles. The van der Waals surface area contributed by atoms with Crippen LogP contribution in [0.1, 0.15) is 16.7 Å². The first kappa shape index (κ1) is 19.6. The number of aromatic nitrogens is 5. The van der Waals surface area contributed by atoms with Gasteiger partial charge in [-0.15, -0.1) is 0 Å². The Morgan fingerprint density at radius 1 is 0.844 bits per heavy atom. The molecule has 0 amide bonds. The zero-order valence-corrected chi connectivity index (χ0v) is 17.1. The number of nitrogen functional groups attached to an aromatic ring is 2. The number of nitrogens with two attached hydrogens (primary N) is 2. The van der Waals surface area contributed by atoms with E-state index in [-0.39, 0.29) is 12.4 Å². The molecule has 8 heteroatoms. The van der Waals surface area contributed by atoms with E-state index in [1.54, 1.807) is 35.1 Å². The second kappa shape index (κ2) is 8.07. The molecule has 0 saturated carbocycles. The van der Waals surface area contributed by atoms with E-state index in [0.717, 1.165) is 10.9 Å². The Morgan fingerprint density at radius 3 is 2.31 bits per heavy atom. The molecule has 0 bridgehead atoms. The monoisotopic (exact) mass is 425 g/mol. The van der Waals surface area contributed by atoms with E-state index in [0.29, 0.717) is 46.3 Å². The van der Waals surface area contributed by atoms with Crippen molar-refractivity contribution < 1.29 is 4.39 Å². The smallest absolute Gasteiger partial charge is 0.184 e. The predicted molar refractivity (Wildman–Crippen MR) is 122 cm³/mol. The summed E-state index contributed by atoms with van der Waals surface area (Å²) in [5, 5.41) is 5.38. The summed E-state index contributed by atoms with van der Waals surface area (Å²) in [6.07, 6.45) is 2.20. The SMILES string of the molecule is Nc1nc(-c2nn(Cc3ccccc3F)c3ncccc23)nc(N)c1Cc1ccccc1. The molecule has 0 atom stereocenters. The highest BCUT2D eigenvalue weighted by molar-refractivity contribution is 5.89. The second-order valence-corrected chi connectivity index (χ2v) is 7.43. The van der Waals surface area contributed by atoms with Gasteiger partial charge in [-0.25, -0.2) is 24.0 Å². The number of anilines is 2. The Hall–Kier alpha value is -4.33. The van der Waals surface area contributed by atoms with Crippen molar-refractivity contribution in [1.29, 1.82) is 0 Å². The number of hydrogen-bond acceptors (Lipinski definition) is 6. The van der Waals surface area contributed by atoms with Gasteiger partial charge in [0.1, 0.15) is 23.1 Å². The molecule has 5 aromatic rings. The van der Waals surface area contributed by atoms with E-state index in [2.05, 4.69) is 20.1 Å². The van der Waals surface area contributed by atoms with E-state index >= 15 is 0 Å². The molecule has 0 aliphatic rings. The fourth-order valence-corrected chi connectivity index (χ4v) is 3.68. The van der Waals surface area contributed by atoms with Gasteiger partial charge in [-0.2, -0.15) is 5.10 Å². The number of hydrogen-bond donors (Lipinski definition) is 2. The lowest BCUT2D eigenvalue weighted by Crippen LogP contribution is -2.08. The lowest BCUT2D eigenvalue weighted by Gasteiger charge is -2.09. The third-order valence-corrected chi connectivity index (χ3v) is 5.29. The summed E-state index contributed by atoms with van der Waals surface area (Å²) in [4.78, 5) is 13.4. The lowest BCUT2D eigenvalue weighted by molar-refractivity contribution is 0.589. The zero-order valence-electron chi connectivity index (χ0n) is 17.1. The molecule has 158 valence electrons. The van der Waals surface area contributed by atoms with Crippen molar-refractivity contribution in [3.05, 3.63) is 95.4 Å². The van der Waals surface area contributed by atoms with Crippen molar-refractivity contribution in [3.8, 4) is 11.5 Å². The molecule has 0 unspecified atom stereocenters. The summed E-state index contributed by atoms with van der Waals surface area (Å²) in [6, 6.07) is 20.1. The first-order chi connectivity index (χ1) is 15.6. The largest absolute Gasteiger partial charge is 0.383 e. The summed E-state index contributed by atoms with van der Waals surface area (Å²) < 4.78 is 15.9. The molecule has 32 heavy (non-hydrogen) atoms. The van der Waals surface area contributed by atoms with Crippen LogP contribution in [0, 0.1) is 5.82 Å². The van der Waals surface area contributed by atoms with Crippen LogP contribution in [0.2, 0.25) is 0 Å². The van der Waals surface area contributed by atoms with Crippen molar-refractivity contribution in [3.63, 3.8) is 0 Å². The topological polar surface area (TPSA) is 109 Å². The Morgan fingerprint density at radius 2 is 1.56 bits per heavy atom. The first-order valence-electron chi connectivity index (χ1n) is 10.1. The maximum atomic E-state index is 14.2. The van der Waals surface area contributed by atoms with Crippen LogP contribution < -0.4 is 11.5 Å². The number of rotatable bonds is 5. The van der Waals surface area contributed by atoms with Crippen LogP contribution in [0.15, 0.2) is 72.9 Å². The molecule has 5 rings (SSSR count). The van der Waals surface area contributed by atoms with Crippen LogP contribution in [-0.2, 0) is 13.0 Å². The van der Waals surface area contributed by atoms with Crippen LogP contribution in [0.4, 0.5) is 16.0 Å². The summed E-state index contributed by atoms with van der Waals surface area (Å²) in [7, 11) is 0. The fourth-order valence-electron chi connectivity index (χ4n) is 3.68. The van der Waals surface area contributed by atoms with Crippen molar-refractivity contribution in [2.45, 2.75) is 13.0 Å². The fraction of sp³-hybridized carbons (Fsp3) is 0.0833. The third kappa shape index (κ3) is 3.62. The lowest BCUT2D eigenvalue weighted by atomic mass is 10.1. The molecular formula is C24H20FN7. The molecular weight excluding hydrogens is 405 g/mol. The van der Waals surface area contributed by atoms with Gasteiger partial charge in [-0.05, 0) is 23.8 Å². The number of halogens is 1. The Balaban J connectivity index is 1.57. The highest BCUT2D eigenvalue weighted by Gasteiger charge is 2.19. The summed E-state index contributed by atoms with van der Waals surface area (Å²) in [5.74, 6) is 0.611. The van der Waals surface area contributed by atoms with Gasteiger partial charge in [-0.3, -0.25) is 0 Å². The second-order valence-electron chi connectivity index (χ2n) is 7.43. The van der Waals surface area contributed by atoms with Crippen molar-refractivity contribution >= 4 is 22.7 Å². The van der Waals surface area contributed by atoms with Crippen molar-refractivity contribution in [2.24, 2.45) is 0 Å². The van der Waals surface area contributed by atoms with Crippen LogP contribution in [0.25, 0.3) is 22.6 Å². The molecule has 0 radical (unpaired) electrons. The van der Waals surface area contributed by atoms with Gasteiger partial charge in [0.2, 0.25) is 0 Å². The number of benzene rings is 2. The standard InChI is InChI=1S/C24H20FN7/c25-19-11-5-4-9-16(19)14-32-24-17(10-6-12-28-24)20(31-32)23-29-21(26)18(22(27)30-23)13-15-7-2-1-3-8-15/h1-12H,13-14H2,(H4,26,27,29,30). The van der Waals surface area contributed by atoms with Crippen LogP contribution >= 0.6 is 0 Å². The highest BCUT2D eigenvalue weighted by atomic mass is 19.1. The van der Waals surface area contributed by atoms with Gasteiger partial charge in [0.15, 0.2) is 11.5 Å². The molecule has 3 heterocycles. The van der Waals surface area contributed by atoms with Crippen LogP contribution in [-0.4, -0.2) is 24.7 Å². The number of pyridine rings is 1. The molecule has 4 N–H and O–H groups in total. The average molecular weight is 425 g/mol. The minimum Gasteiger partial charge on any atom is -0.383 e. The summed E-state index contributed by atoms with van der Waals surface area (Å²) >= 11 is 0. The van der Waals surface area contributed by atoms with Crippen molar-refractivity contribution in [2.75, 3.05) is 11.5 Å². The minimum atomic E-state index is -0.302.